The number of hydrogen-bond donors (Lipinski definition) is 1. The third-order valence-corrected chi connectivity index (χ3v) is 5.45. The van der Waals surface area contributed by atoms with Gasteiger partial charge in [-0.15, -0.1) is 0 Å². The van der Waals surface area contributed by atoms with Gasteiger partial charge in [0.05, 0.1) is 17.6 Å². The molecule has 0 bridgehead atoms. The van der Waals surface area contributed by atoms with E-state index < -0.39 is 20.4 Å². The number of benzene rings is 1. The molecule has 1 aliphatic carbocycles. The standard InChI is InChI=1S/C15H21N3O5S/c1-24(21,22)15-8-11(2-5-14(15)18(19)20)16-9-13-10-17(6-7-23-13)12-3-4-12/h2,5,8,12-13,16H,3-4,6-7,9-10H2,1H3. The van der Waals surface area contributed by atoms with Gasteiger partial charge in [0, 0.05) is 43.7 Å². The van der Waals surface area contributed by atoms with E-state index in [9.17, 15) is 18.5 Å². The lowest BCUT2D eigenvalue weighted by molar-refractivity contribution is -0.387. The fourth-order valence-corrected chi connectivity index (χ4v) is 3.80. The monoisotopic (exact) mass is 355 g/mol. The molecule has 2 fully saturated rings. The number of morpholine rings is 1. The Morgan fingerprint density at radius 2 is 2.17 bits per heavy atom. The zero-order chi connectivity index (χ0) is 17.3. The van der Waals surface area contributed by atoms with Gasteiger partial charge >= 0.3 is 0 Å². The lowest BCUT2D eigenvalue weighted by Crippen LogP contribution is -2.46. The minimum atomic E-state index is -3.68. The molecule has 132 valence electrons. The molecule has 0 radical (unpaired) electrons. The molecule has 1 aromatic carbocycles. The zero-order valence-electron chi connectivity index (χ0n) is 13.5. The van der Waals surface area contributed by atoms with Crippen LogP contribution in [-0.2, 0) is 14.6 Å². The maximum absolute atomic E-state index is 11.8. The van der Waals surface area contributed by atoms with Gasteiger partial charge in [-0.25, -0.2) is 8.42 Å². The number of anilines is 1. The molecule has 1 aromatic rings. The Balaban J connectivity index is 1.67. The third-order valence-electron chi connectivity index (χ3n) is 4.32. The summed E-state index contributed by atoms with van der Waals surface area (Å²) in [4.78, 5) is 12.5. The van der Waals surface area contributed by atoms with Crippen LogP contribution in [0.5, 0.6) is 0 Å². The Kier molecular flexibility index (Phi) is 4.75. The fraction of sp³-hybridized carbons (Fsp3) is 0.600. The first kappa shape index (κ1) is 17.1. The molecule has 3 rings (SSSR count). The van der Waals surface area contributed by atoms with E-state index in [0.29, 0.717) is 24.9 Å². The molecule has 1 atom stereocenters. The van der Waals surface area contributed by atoms with Crippen LogP contribution in [0.3, 0.4) is 0 Å². The number of nitrogens with zero attached hydrogens (tertiary/aromatic N) is 2. The van der Waals surface area contributed by atoms with Gasteiger partial charge in [-0.05, 0) is 25.0 Å². The molecule has 8 nitrogen and oxygen atoms in total. The van der Waals surface area contributed by atoms with Gasteiger partial charge in [0.15, 0.2) is 9.84 Å². The molecule has 1 N–H and O–H groups in total. The van der Waals surface area contributed by atoms with Gasteiger partial charge in [-0.2, -0.15) is 0 Å². The average Bonchev–Trinajstić information content (AvgIpc) is 3.37. The molecule has 0 amide bonds. The fourth-order valence-electron chi connectivity index (χ4n) is 2.94. The van der Waals surface area contributed by atoms with Crippen LogP contribution in [0.15, 0.2) is 23.1 Å². The van der Waals surface area contributed by atoms with Crippen LogP contribution in [0.25, 0.3) is 0 Å². The SMILES string of the molecule is CS(=O)(=O)c1cc(NCC2CN(C3CC3)CCO2)ccc1[N+](=O)[O-]. The minimum Gasteiger partial charge on any atom is -0.382 e. The van der Waals surface area contributed by atoms with Crippen molar-refractivity contribution in [2.75, 3.05) is 37.8 Å². The molecular formula is C15H21N3O5S. The molecule has 1 unspecified atom stereocenters. The Morgan fingerprint density at radius 1 is 1.42 bits per heavy atom. The summed E-state index contributed by atoms with van der Waals surface area (Å²) >= 11 is 0. The van der Waals surface area contributed by atoms with E-state index in [-0.39, 0.29) is 11.0 Å². The summed E-state index contributed by atoms with van der Waals surface area (Å²) < 4.78 is 29.3. The van der Waals surface area contributed by atoms with Crippen molar-refractivity contribution in [1.82, 2.24) is 4.90 Å². The summed E-state index contributed by atoms with van der Waals surface area (Å²) in [7, 11) is -3.68. The van der Waals surface area contributed by atoms with Crippen molar-refractivity contribution in [2.24, 2.45) is 0 Å². The van der Waals surface area contributed by atoms with Crippen molar-refractivity contribution in [2.45, 2.75) is 29.9 Å². The number of ether oxygens (including phenoxy) is 1. The number of rotatable bonds is 6. The summed E-state index contributed by atoms with van der Waals surface area (Å²) in [6.45, 7) is 3.03. The Bertz CT molecular complexity index is 733. The zero-order valence-corrected chi connectivity index (χ0v) is 14.3. The number of hydrogen-bond acceptors (Lipinski definition) is 7. The van der Waals surface area contributed by atoms with Crippen LogP contribution < -0.4 is 5.32 Å². The van der Waals surface area contributed by atoms with Gasteiger partial charge in [0.2, 0.25) is 0 Å². The van der Waals surface area contributed by atoms with Gasteiger partial charge in [0.25, 0.3) is 5.69 Å². The number of nitrogens with one attached hydrogen (secondary N) is 1. The second-order valence-electron chi connectivity index (χ2n) is 6.31. The third kappa shape index (κ3) is 4.03. The van der Waals surface area contributed by atoms with E-state index in [1.807, 2.05) is 0 Å². The number of sulfone groups is 1. The van der Waals surface area contributed by atoms with Crippen LogP contribution in [0.4, 0.5) is 11.4 Å². The smallest absolute Gasteiger partial charge is 0.288 e. The highest BCUT2D eigenvalue weighted by molar-refractivity contribution is 7.90. The Labute approximate surface area is 140 Å². The lowest BCUT2D eigenvalue weighted by Gasteiger charge is -2.33. The second kappa shape index (κ2) is 6.66. The van der Waals surface area contributed by atoms with Crippen molar-refractivity contribution in [1.29, 1.82) is 0 Å². The molecule has 2 aliphatic rings. The molecule has 1 saturated heterocycles. The maximum Gasteiger partial charge on any atom is 0.288 e. The van der Waals surface area contributed by atoms with E-state index in [2.05, 4.69) is 10.2 Å². The van der Waals surface area contributed by atoms with Gasteiger partial charge in [-0.3, -0.25) is 15.0 Å². The van der Waals surface area contributed by atoms with Crippen molar-refractivity contribution in [3.63, 3.8) is 0 Å². The predicted molar refractivity (Wildman–Crippen MR) is 89.0 cm³/mol. The summed E-state index contributed by atoms with van der Waals surface area (Å²) in [5.41, 5.74) is 0.130. The highest BCUT2D eigenvalue weighted by Crippen LogP contribution is 2.29. The van der Waals surface area contributed by atoms with Crippen LogP contribution in [0, 0.1) is 10.1 Å². The van der Waals surface area contributed by atoms with Crippen LogP contribution >= 0.6 is 0 Å². The number of nitro groups is 1. The van der Waals surface area contributed by atoms with Crippen molar-refractivity contribution in [3.8, 4) is 0 Å². The average molecular weight is 355 g/mol. The molecule has 1 aliphatic heterocycles. The lowest BCUT2D eigenvalue weighted by atomic mass is 10.2. The first-order valence-corrected chi connectivity index (χ1v) is 9.82. The molecule has 9 heteroatoms. The Hall–Kier alpha value is -1.71. The van der Waals surface area contributed by atoms with Crippen molar-refractivity contribution < 1.29 is 18.1 Å². The second-order valence-corrected chi connectivity index (χ2v) is 8.30. The van der Waals surface area contributed by atoms with Gasteiger partial charge in [-0.1, -0.05) is 0 Å². The summed E-state index contributed by atoms with van der Waals surface area (Å²) in [6, 6.07) is 4.74. The molecule has 0 spiro atoms. The van der Waals surface area contributed by atoms with Gasteiger partial charge in [0.1, 0.15) is 4.90 Å². The predicted octanol–water partition coefficient (Wildman–Crippen LogP) is 1.27. The minimum absolute atomic E-state index is 0.0243. The van der Waals surface area contributed by atoms with Crippen LogP contribution in [0.1, 0.15) is 12.8 Å². The largest absolute Gasteiger partial charge is 0.382 e. The highest BCUT2D eigenvalue weighted by atomic mass is 32.2. The van der Waals surface area contributed by atoms with Crippen LogP contribution in [-0.4, -0.2) is 62.9 Å². The molecule has 1 saturated carbocycles. The van der Waals surface area contributed by atoms with E-state index in [1.54, 1.807) is 0 Å². The van der Waals surface area contributed by atoms with Crippen molar-refractivity contribution in [3.05, 3.63) is 28.3 Å². The van der Waals surface area contributed by atoms with E-state index in [0.717, 1.165) is 19.3 Å². The summed E-state index contributed by atoms with van der Waals surface area (Å²) in [5.74, 6) is 0. The Morgan fingerprint density at radius 3 is 2.79 bits per heavy atom. The first-order chi connectivity index (χ1) is 11.3. The first-order valence-electron chi connectivity index (χ1n) is 7.92. The maximum atomic E-state index is 11.8. The molecule has 0 aromatic heterocycles. The molecule has 1 heterocycles. The van der Waals surface area contributed by atoms with Gasteiger partial charge < -0.3 is 10.1 Å². The van der Waals surface area contributed by atoms with E-state index in [1.165, 1.54) is 31.0 Å². The highest BCUT2D eigenvalue weighted by Gasteiger charge is 2.32. The molecular weight excluding hydrogens is 334 g/mol. The van der Waals surface area contributed by atoms with Crippen LogP contribution in [0.2, 0.25) is 0 Å². The van der Waals surface area contributed by atoms with E-state index in [4.69, 9.17) is 4.74 Å². The number of nitro benzene ring substituents is 1. The van der Waals surface area contributed by atoms with Crippen molar-refractivity contribution >= 4 is 21.2 Å². The summed E-state index contributed by atoms with van der Waals surface area (Å²) in [5, 5.41) is 14.1. The topological polar surface area (TPSA) is 102 Å². The summed E-state index contributed by atoms with van der Waals surface area (Å²) in [6.07, 6.45) is 3.49. The normalized spacial score (nSPS) is 22.3. The van der Waals surface area contributed by atoms with E-state index >= 15 is 0 Å². The quantitative estimate of drug-likeness (QED) is 0.605. The molecule has 24 heavy (non-hydrogen) atoms.